The van der Waals surface area contributed by atoms with Crippen LogP contribution < -0.4 is 0 Å². The number of hydrogen-bond acceptors (Lipinski definition) is 5. The summed E-state index contributed by atoms with van der Waals surface area (Å²) in [6.45, 7) is 6.67. The van der Waals surface area contributed by atoms with Gasteiger partial charge in [-0.3, -0.25) is 9.69 Å². The van der Waals surface area contributed by atoms with E-state index < -0.39 is 12.2 Å². The van der Waals surface area contributed by atoms with Crippen LogP contribution in [0, 0.1) is 0 Å². The second kappa shape index (κ2) is 6.96. The van der Waals surface area contributed by atoms with Crippen molar-refractivity contribution in [1.29, 1.82) is 0 Å². The van der Waals surface area contributed by atoms with Gasteiger partial charge in [-0.25, -0.2) is 9.79 Å². The molecule has 28 heavy (non-hydrogen) atoms. The summed E-state index contributed by atoms with van der Waals surface area (Å²) in [6, 6.07) is 9.57. The van der Waals surface area contributed by atoms with Crippen LogP contribution in [-0.2, 0) is 4.79 Å². The number of benzene rings is 1. The van der Waals surface area contributed by atoms with E-state index in [4.69, 9.17) is 4.99 Å². The van der Waals surface area contributed by atoms with Gasteiger partial charge in [0.25, 0.3) is 5.91 Å². The molecule has 0 spiro atoms. The molecule has 0 aromatic heterocycles. The fraction of sp³-hybridized carbons (Fsp3) is 0.476. The van der Waals surface area contributed by atoms with Gasteiger partial charge in [-0.15, -0.1) is 0 Å². The quantitative estimate of drug-likeness (QED) is 0.787. The van der Waals surface area contributed by atoms with Crippen molar-refractivity contribution < 1.29 is 9.59 Å². The standard InChI is InChI=1S/C21H27N5O2/c1-5-6-12-24-19(27)17-18(23(4)21(24)28)22-20-25(17)13-14(2)26(20)15(3)16-10-8-7-9-11-16/h7-11,13,15,17-18H,5-6,12H2,1-4H3. The molecule has 1 fully saturated rings. The molecule has 3 amide bonds. The molecule has 3 heterocycles. The summed E-state index contributed by atoms with van der Waals surface area (Å²) in [5, 5.41) is 0. The van der Waals surface area contributed by atoms with E-state index in [0.29, 0.717) is 6.54 Å². The number of carbonyl (C=O) groups excluding carboxylic acids is 2. The Morgan fingerprint density at radius 3 is 2.57 bits per heavy atom. The van der Waals surface area contributed by atoms with Crippen LogP contribution in [0.1, 0.15) is 45.2 Å². The summed E-state index contributed by atoms with van der Waals surface area (Å²) < 4.78 is 0. The maximum Gasteiger partial charge on any atom is 0.328 e. The van der Waals surface area contributed by atoms with Gasteiger partial charge >= 0.3 is 6.03 Å². The minimum absolute atomic E-state index is 0.0775. The average molecular weight is 381 g/mol. The normalized spacial score (nSPS) is 25.0. The SMILES string of the molecule is CCCCN1C(=O)C2C(N=C3N2C=C(C)N3C(C)c2ccccc2)N(C)C1=O. The third-order valence-corrected chi connectivity index (χ3v) is 5.84. The van der Waals surface area contributed by atoms with Crippen molar-refractivity contribution in [1.82, 2.24) is 19.6 Å². The Bertz CT molecular complexity index is 850. The second-order valence-electron chi connectivity index (χ2n) is 7.66. The number of nitrogens with zero attached hydrogens (tertiary/aromatic N) is 5. The smallest absolute Gasteiger partial charge is 0.308 e. The molecule has 1 aromatic rings. The highest BCUT2D eigenvalue weighted by Gasteiger charge is 2.54. The summed E-state index contributed by atoms with van der Waals surface area (Å²) in [6.07, 6.45) is 3.25. The first-order chi connectivity index (χ1) is 13.5. The predicted molar refractivity (Wildman–Crippen MR) is 107 cm³/mol. The number of carbonyl (C=O) groups is 2. The molecule has 0 bridgehead atoms. The number of urea groups is 1. The van der Waals surface area contributed by atoms with Gasteiger partial charge in [-0.2, -0.15) is 0 Å². The monoisotopic (exact) mass is 381 g/mol. The van der Waals surface area contributed by atoms with E-state index in [1.807, 2.05) is 36.2 Å². The highest BCUT2D eigenvalue weighted by atomic mass is 16.2. The molecule has 7 nitrogen and oxygen atoms in total. The molecule has 3 unspecified atom stereocenters. The van der Waals surface area contributed by atoms with E-state index in [-0.39, 0.29) is 18.0 Å². The van der Waals surface area contributed by atoms with Crippen molar-refractivity contribution in [2.45, 2.75) is 51.9 Å². The second-order valence-corrected chi connectivity index (χ2v) is 7.66. The number of guanidine groups is 1. The van der Waals surface area contributed by atoms with Crippen LogP contribution in [0.25, 0.3) is 0 Å². The van der Waals surface area contributed by atoms with Gasteiger partial charge in [0.15, 0.2) is 12.2 Å². The van der Waals surface area contributed by atoms with E-state index in [9.17, 15) is 9.59 Å². The topological polar surface area (TPSA) is 59.5 Å². The van der Waals surface area contributed by atoms with Crippen LogP contribution in [0.15, 0.2) is 47.2 Å². The highest BCUT2D eigenvalue weighted by molar-refractivity contribution is 6.04. The van der Waals surface area contributed by atoms with Gasteiger partial charge in [-0.1, -0.05) is 43.7 Å². The summed E-state index contributed by atoms with van der Waals surface area (Å²) >= 11 is 0. The number of imide groups is 1. The number of aliphatic imine (C=N–C) groups is 1. The predicted octanol–water partition coefficient (Wildman–Crippen LogP) is 2.98. The average Bonchev–Trinajstić information content (AvgIpc) is 3.21. The Balaban J connectivity index is 1.65. The van der Waals surface area contributed by atoms with Gasteiger partial charge < -0.3 is 14.7 Å². The van der Waals surface area contributed by atoms with Crippen LogP contribution >= 0.6 is 0 Å². The fourth-order valence-electron chi connectivity index (χ4n) is 4.25. The molecule has 3 aliphatic heterocycles. The van der Waals surface area contributed by atoms with Crippen molar-refractivity contribution in [3.05, 3.63) is 47.8 Å². The molecule has 7 heteroatoms. The maximum atomic E-state index is 13.2. The number of hydrogen-bond donors (Lipinski definition) is 0. The van der Waals surface area contributed by atoms with E-state index in [0.717, 1.165) is 24.5 Å². The van der Waals surface area contributed by atoms with E-state index in [1.54, 1.807) is 11.9 Å². The van der Waals surface area contributed by atoms with Gasteiger partial charge in [-0.05, 0) is 25.8 Å². The van der Waals surface area contributed by atoms with E-state index in [2.05, 4.69) is 30.9 Å². The Kier molecular flexibility index (Phi) is 4.61. The van der Waals surface area contributed by atoms with E-state index >= 15 is 0 Å². The van der Waals surface area contributed by atoms with Gasteiger partial charge in [0.2, 0.25) is 5.96 Å². The number of unbranched alkanes of at least 4 members (excludes halogenated alkanes) is 1. The summed E-state index contributed by atoms with van der Waals surface area (Å²) in [5.41, 5.74) is 2.22. The first kappa shape index (κ1) is 18.5. The number of allylic oxidation sites excluding steroid dienone is 1. The Labute approximate surface area is 165 Å². The molecule has 0 radical (unpaired) electrons. The lowest BCUT2D eigenvalue weighted by molar-refractivity contribution is -0.136. The largest absolute Gasteiger partial charge is 0.328 e. The van der Waals surface area contributed by atoms with E-state index in [1.165, 1.54) is 10.5 Å². The molecular weight excluding hydrogens is 354 g/mol. The minimum atomic E-state index is -0.488. The molecule has 4 rings (SSSR count). The molecule has 3 aliphatic rings. The van der Waals surface area contributed by atoms with Crippen LogP contribution in [0.5, 0.6) is 0 Å². The Hall–Kier alpha value is -2.83. The lowest BCUT2D eigenvalue weighted by atomic mass is 10.1. The third kappa shape index (κ3) is 2.68. The number of amides is 3. The van der Waals surface area contributed by atoms with Crippen LogP contribution in [0.2, 0.25) is 0 Å². The van der Waals surface area contributed by atoms with Crippen molar-refractivity contribution in [3.8, 4) is 0 Å². The lowest BCUT2D eigenvalue weighted by Gasteiger charge is -2.40. The fourth-order valence-corrected chi connectivity index (χ4v) is 4.25. The molecule has 0 saturated carbocycles. The zero-order chi connectivity index (χ0) is 20.0. The highest BCUT2D eigenvalue weighted by Crippen LogP contribution is 2.38. The molecule has 0 N–H and O–H groups in total. The summed E-state index contributed by atoms with van der Waals surface area (Å²) in [5.74, 6) is 0.591. The summed E-state index contributed by atoms with van der Waals surface area (Å²) in [4.78, 5) is 37.8. The lowest BCUT2D eigenvalue weighted by Crippen LogP contribution is -2.64. The Morgan fingerprint density at radius 1 is 1.18 bits per heavy atom. The number of likely N-dealkylation sites (N-methyl/N-ethyl adjacent to an activating group) is 1. The first-order valence-electron chi connectivity index (χ1n) is 9.92. The maximum absolute atomic E-state index is 13.2. The molecule has 148 valence electrons. The number of rotatable bonds is 5. The van der Waals surface area contributed by atoms with Crippen LogP contribution in [0.4, 0.5) is 4.79 Å². The number of fused-ring (bicyclic) bond motifs is 3. The first-order valence-corrected chi connectivity index (χ1v) is 9.92. The van der Waals surface area contributed by atoms with Crippen molar-refractivity contribution in [3.63, 3.8) is 0 Å². The zero-order valence-electron chi connectivity index (χ0n) is 16.9. The van der Waals surface area contributed by atoms with Crippen molar-refractivity contribution in [2.24, 2.45) is 4.99 Å². The molecule has 1 aromatic carbocycles. The van der Waals surface area contributed by atoms with Crippen molar-refractivity contribution >= 4 is 17.9 Å². The molecule has 0 aliphatic carbocycles. The Morgan fingerprint density at radius 2 is 1.89 bits per heavy atom. The molecular formula is C21H27N5O2. The van der Waals surface area contributed by atoms with Gasteiger partial charge in [0.1, 0.15) is 0 Å². The third-order valence-electron chi connectivity index (χ3n) is 5.84. The summed E-state index contributed by atoms with van der Waals surface area (Å²) in [7, 11) is 1.74. The van der Waals surface area contributed by atoms with Gasteiger partial charge in [0.05, 0.1) is 6.04 Å². The van der Waals surface area contributed by atoms with Gasteiger partial charge in [0, 0.05) is 25.5 Å². The van der Waals surface area contributed by atoms with Crippen LogP contribution in [0.3, 0.4) is 0 Å². The zero-order valence-corrected chi connectivity index (χ0v) is 16.9. The van der Waals surface area contributed by atoms with Crippen molar-refractivity contribution in [2.75, 3.05) is 13.6 Å². The minimum Gasteiger partial charge on any atom is -0.308 e. The molecule has 1 saturated heterocycles. The molecule has 3 atom stereocenters. The van der Waals surface area contributed by atoms with Crippen LogP contribution in [-0.4, -0.2) is 63.3 Å².